The molecule has 0 unspecified atom stereocenters. The fourth-order valence-electron chi connectivity index (χ4n) is 2.47. The van der Waals surface area contributed by atoms with E-state index < -0.39 is 4.92 Å². The zero-order valence-electron chi connectivity index (χ0n) is 13.5. The number of carbonyl (C=O) groups is 1. The van der Waals surface area contributed by atoms with Crippen LogP contribution in [0.3, 0.4) is 0 Å². The van der Waals surface area contributed by atoms with E-state index in [-0.39, 0.29) is 17.0 Å². The Bertz CT molecular complexity index is 955. The van der Waals surface area contributed by atoms with Crippen LogP contribution in [0.1, 0.15) is 32.8 Å². The molecule has 0 saturated carbocycles. The van der Waals surface area contributed by atoms with Gasteiger partial charge in [-0.2, -0.15) is 0 Å². The molecular formula is C20H15NO4. The number of ketones is 1. The molecular weight excluding hydrogens is 318 g/mol. The van der Waals surface area contributed by atoms with Gasteiger partial charge in [-0.1, -0.05) is 36.4 Å². The largest absolute Gasteiger partial charge is 0.465 e. The fraction of sp³-hybridized carbons (Fsp3) is 0.0500. The third kappa shape index (κ3) is 3.55. The lowest BCUT2D eigenvalue weighted by Gasteiger charge is -2.04. The van der Waals surface area contributed by atoms with E-state index in [4.69, 9.17) is 4.42 Å². The van der Waals surface area contributed by atoms with Gasteiger partial charge in [0.05, 0.1) is 11.2 Å². The van der Waals surface area contributed by atoms with Crippen molar-refractivity contribution in [3.05, 3.63) is 99.0 Å². The van der Waals surface area contributed by atoms with Gasteiger partial charge in [0.15, 0.2) is 5.78 Å². The topological polar surface area (TPSA) is 73.3 Å². The van der Waals surface area contributed by atoms with Gasteiger partial charge in [0.1, 0.15) is 11.3 Å². The van der Waals surface area contributed by atoms with Crippen molar-refractivity contribution in [2.24, 2.45) is 0 Å². The van der Waals surface area contributed by atoms with Crippen LogP contribution >= 0.6 is 0 Å². The first kappa shape index (κ1) is 16.4. The van der Waals surface area contributed by atoms with Crippen molar-refractivity contribution >= 4 is 23.6 Å². The van der Waals surface area contributed by atoms with E-state index >= 15 is 0 Å². The lowest BCUT2D eigenvalue weighted by molar-refractivity contribution is -0.385. The molecule has 0 saturated heterocycles. The molecule has 0 bridgehead atoms. The van der Waals surface area contributed by atoms with Crippen molar-refractivity contribution in [2.75, 3.05) is 0 Å². The van der Waals surface area contributed by atoms with Gasteiger partial charge in [-0.25, -0.2) is 0 Å². The average Bonchev–Trinajstić information content (AvgIpc) is 3.04. The molecule has 2 aromatic carbocycles. The molecule has 0 aliphatic carbocycles. The van der Waals surface area contributed by atoms with Crippen molar-refractivity contribution in [2.45, 2.75) is 6.92 Å². The van der Waals surface area contributed by atoms with Crippen molar-refractivity contribution in [3.8, 4) is 0 Å². The normalized spacial score (nSPS) is 10.9. The number of hydrogen-bond donors (Lipinski definition) is 0. The number of nitro groups is 1. The van der Waals surface area contributed by atoms with Crippen LogP contribution in [0.4, 0.5) is 5.69 Å². The number of nitrogens with zero attached hydrogens (tertiary/aromatic N) is 1. The lowest BCUT2D eigenvalue weighted by atomic mass is 9.99. The summed E-state index contributed by atoms with van der Waals surface area (Å²) in [6, 6.07) is 14.9. The monoisotopic (exact) mass is 333 g/mol. The standard InChI is InChI=1S/C20H15NO4/c1-14-11-12-25-19(14)10-8-15-7-9-18(21(23)24)17(13-15)20(22)16-5-3-2-4-6-16/h2-13H,1H3. The maximum Gasteiger partial charge on any atom is 0.280 e. The Kier molecular flexibility index (Phi) is 4.57. The lowest BCUT2D eigenvalue weighted by Crippen LogP contribution is -2.05. The highest BCUT2D eigenvalue weighted by Crippen LogP contribution is 2.24. The summed E-state index contributed by atoms with van der Waals surface area (Å²) in [5, 5.41) is 11.3. The van der Waals surface area contributed by atoms with Crippen LogP contribution in [0.2, 0.25) is 0 Å². The molecule has 0 amide bonds. The van der Waals surface area contributed by atoms with Gasteiger partial charge < -0.3 is 4.42 Å². The molecule has 0 aliphatic rings. The van der Waals surface area contributed by atoms with E-state index in [1.165, 1.54) is 12.1 Å². The summed E-state index contributed by atoms with van der Waals surface area (Å²) < 4.78 is 5.33. The van der Waals surface area contributed by atoms with Crippen LogP contribution in [0.15, 0.2) is 65.3 Å². The SMILES string of the molecule is Cc1ccoc1C=Cc1ccc([N+](=O)[O-])c(C(=O)c2ccccc2)c1. The summed E-state index contributed by atoms with van der Waals surface area (Å²) in [6.07, 6.45) is 5.12. The molecule has 0 atom stereocenters. The first-order valence-corrected chi connectivity index (χ1v) is 7.66. The summed E-state index contributed by atoms with van der Waals surface area (Å²) >= 11 is 0. The minimum absolute atomic E-state index is 0.0644. The maximum atomic E-state index is 12.7. The molecule has 0 radical (unpaired) electrons. The number of nitro benzene ring substituents is 1. The number of benzene rings is 2. The molecule has 124 valence electrons. The Morgan fingerprint density at radius 1 is 1.08 bits per heavy atom. The van der Waals surface area contributed by atoms with Crippen molar-refractivity contribution in [1.29, 1.82) is 0 Å². The van der Waals surface area contributed by atoms with Gasteiger partial charge in [-0.15, -0.1) is 0 Å². The van der Waals surface area contributed by atoms with Crippen molar-refractivity contribution in [3.63, 3.8) is 0 Å². The predicted octanol–water partition coefficient (Wildman–Crippen LogP) is 4.90. The first-order chi connectivity index (χ1) is 12.1. The summed E-state index contributed by atoms with van der Waals surface area (Å²) in [7, 11) is 0. The fourth-order valence-corrected chi connectivity index (χ4v) is 2.47. The van der Waals surface area contributed by atoms with Gasteiger partial charge in [0.25, 0.3) is 5.69 Å². The van der Waals surface area contributed by atoms with Gasteiger partial charge in [-0.3, -0.25) is 14.9 Å². The second kappa shape index (κ2) is 6.97. The Morgan fingerprint density at radius 3 is 2.48 bits per heavy atom. The summed E-state index contributed by atoms with van der Waals surface area (Å²) in [5.41, 5.74) is 1.93. The molecule has 0 aliphatic heterocycles. The van der Waals surface area contributed by atoms with E-state index in [9.17, 15) is 14.9 Å². The second-order valence-electron chi connectivity index (χ2n) is 5.53. The quantitative estimate of drug-likeness (QED) is 0.378. The molecule has 3 rings (SSSR count). The zero-order valence-corrected chi connectivity index (χ0v) is 13.5. The second-order valence-corrected chi connectivity index (χ2v) is 5.53. The average molecular weight is 333 g/mol. The third-order valence-corrected chi connectivity index (χ3v) is 3.83. The first-order valence-electron chi connectivity index (χ1n) is 7.66. The van der Waals surface area contributed by atoms with Gasteiger partial charge in [-0.05, 0) is 42.3 Å². The van der Waals surface area contributed by atoms with E-state index in [0.717, 1.165) is 5.56 Å². The van der Waals surface area contributed by atoms with Crippen LogP contribution < -0.4 is 0 Å². The predicted molar refractivity (Wildman–Crippen MR) is 95.3 cm³/mol. The number of carbonyl (C=O) groups excluding carboxylic acids is 1. The highest BCUT2D eigenvalue weighted by Gasteiger charge is 2.21. The van der Waals surface area contributed by atoms with E-state index in [1.807, 2.05) is 13.0 Å². The minimum atomic E-state index is -0.541. The highest BCUT2D eigenvalue weighted by atomic mass is 16.6. The number of aryl methyl sites for hydroxylation is 1. The van der Waals surface area contributed by atoms with Gasteiger partial charge >= 0.3 is 0 Å². The molecule has 25 heavy (non-hydrogen) atoms. The molecule has 0 fully saturated rings. The number of hydrogen-bond acceptors (Lipinski definition) is 4. The summed E-state index contributed by atoms with van der Waals surface area (Å²) in [6.45, 7) is 1.92. The van der Waals surface area contributed by atoms with Gasteiger partial charge in [0, 0.05) is 11.6 Å². The number of furan rings is 1. The van der Waals surface area contributed by atoms with Crippen LogP contribution in [-0.4, -0.2) is 10.7 Å². The van der Waals surface area contributed by atoms with Crippen molar-refractivity contribution < 1.29 is 14.1 Å². The maximum absolute atomic E-state index is 12.7. The molecule has 1 aromatic heterocycles. The highest BCUT2D eigenvalue weighted by molar-refractivity contribution is 6.11. The van der Waals surface area contributed by atoms with E-state index in [2.05, 4.69) is 0 Å². The molecule has 0 N–H and O–H groups in total. The van der Waals surface area contributed by atoms with Crippen LogP contribution in [0.25, 0.3) is 12.2 Å². The molecule has 0 spiro atoms. The zero-order chi connectivity index (χ0) is 17.8. The molecule has 3 aromatic rings. The Labute approximate surface area is 144 Å². The summed E-state index contributed by atoms with van der Waals surface area (Å²) in [5.74, 6) is 0.325. The van der Waals surface area contributed by atoms with Crippen molar-refractivity contribution in [1.82, 2.24) is 0 Å². The molecule has 1 heterocycles. The van der Waals surface area contributed by atoms with Gasteiger partial charge in [0.2, 0.25) is 0 Å². The third-order valence-electron chi connectivity index (χ3n) is 3.83. The van der Waals surface area contributed by atoms with Crippen LogP contribution in [0.5, 0.6) is 0 Å². The summed E-state index contributed by atoms with van der Waals surface area (Å²) in [4.78, 5) is 23.4. The van der Waals surface area contributed by atoms with Crippen LogP contribution in [-0.2, 0) is 0 Å². The number of rotatable bonds is 5. The molecule has 5 heteroatoms. The molecule has 5 nitrogen and oxygen atoms in total. The van der Waals surface area contributed by atoms with E-state index in [0.29, 0.717) is 16.9 Å². The Balaban J connectivity index is 2.01. The minimum Gasteiger partial charge on any atom is -0.465 e. The van der Waals surface area contributed by atoms with Crippen LogP contribution in [0, 0.1) is 17.0 Å². The smallest absolute Gasteiger partial charge is 0.280 e. The Hall–Kier alpha value is -3.47. The Morgan fingerprint density at radius 2 is 1.84 bits per heavy atom. The van der Waals surface area contributed by atoms with E-state index in [1.54, 1.807) is 54.8 Å².